The Bertz CT molecular complexity index is 1020. The van der Waals surface area contributed by atoms with Crippen molar-refractivity contribution < 1.29 is 14.1 Å². The first-order chi connectivity index (χ1) is 13.5. The predicted molar refractivity (Wildman–Crippen MR) is 107 cm³/mol. The molecule has 0 bridgehead atoms. The van der Waals surface area contributed by atoms with E-state index < -0.39 is 0 Å². The molecule has 0 spiro atoms. The first-order valence-corrected chi connectivity index (χ1v) is 9.90. The summed E-state index contributed by atoms with van der Waals surface area (Å²) in [6, 6.07) is 9.11. The first-order valence-electron chi connectivity index (χ1n) is 9.09. The second-order valence-electron chi connectivity index (χ2n) is 6.91. The van der Waals surface area contributed by atoms with Gasteiger partial charge in [-0.15, -0.1) is 11.3 Å². The van der Waals surface area contributed by atoms with E-state index in [0.717, 1.165) is 33.8 Å². The molecular formula is C20H20N4O3S. The fraction of sp³-hybridized carbons (Fsp3) is 0.300. The summed E-state index contributed by atoms with van der Waals surface area (Å²) >= 11 is 1.53. The normalized spacial score (nSPS) is 13.4. The molecular weight excluding hydrogens is 376 g/mol. The second kappa shape index (κ2) is 7.55. The molecule has 28 heavy (non-hydrogen) atoms. The van der Waals surface area contributed by atoms with Crippen molar-refractivity contribution in [3.63, 3.8) is 0 Å². The van der Waals surface area contributed by atoms with Crippen LogP contribution in [-0.4, -0.2) is 22.0 Å². The third-order valence-corrected chi connectivity index (χ3v) is 5.47. The monoisotopic (exact) mass is 396 g/mol. The Morgan fingerprint density at radius 1 is 1.21 bits per heavy atom. The zero-order chi connectivity index (χ0) is 19.7. The number of benzene rings is 1. The fourth-order valence-electron chi connectivity index (χ4n) is 2.84. The highest BCUT2D eigenvalue weighted by Crippen LogP contribution is 2.40. The van der Waals surface area contributed by atoms with Crippen molar-refractivity contribution in [2.45, 2.75) is 39.0 Å². The van der Waals surface area contributed by atoms with Gasteiger partial charge in [0.05, 0.1) is 17.0 Å². The van der Waals surface area contributed by atoms with Crippen LogP contribution in [0.25, 0.3) is 10.7 Å². The molecule has 0 unspecified atom stereocenters. The standard InChI is InChI=1S/C20H20N4O3S/c1-11-16(10-17(28-11)19-23-20(27-24-19)14-5-6-14)22-18(26)9-13-3-7-15(8-4-13)21-12(2)25/h3-4,7-8,10,14H,5-6,9H2,1-2H3,(H,21,25)(H,22,26). The van der Waals surface area contributed by atoms with E-state index in [2.05, 4.69) is 20.8 Å². The Morgan fingerprint density at radius 2 is 1.96 bits per heavy atom. The summed E-state index contributed by atoms with van der Waals surface area (Å²) in [6.45, 7) is 3.41. The van der Waals surface area contributed by atoms with Crippen LogP contribution in [0.2, 0.25) is 0 Å². The van der Waals surface area contributed by atoms with Gasteiger partial charge >= 0.3 is 0 Å². The number of carbonyl (C=O) groups excluding carboxylic acids is 2. The predicted octanol–water partition coefficient (Wildman–Crippen LogP) is 4.12. The third-order valence-electron chi connectivity index (χ3n) is 4.42. The Labute approximate surface area is 166 Å². The van der Waals surface area contributed by atoms with Crippen molar-refractivity contribution in [1.82, 2.24) is 10.1 Å². The average Bonchev–Trinajstić information content (AvgIpc) is 3.27. The molecule has 1 fully saturated rings. The Balaban J connectivity index is 1.40. The van der Waals surface area contributed by atoms with Gasteiger partial charge in [-0.3, -0.25) is 9.59 Å². The molecule has 2 heterocycles. The molecule has 3 aromatic rings. The van der Waals surface area contributed by atoms with Gasteiger partial charge in [0.15, 0.2) is 0 Å². The van der Waals surface area contributed by atoms with Crippen LogP contribution < -0.4 is 10.6 Å². The van der Waals surface area contributed by atoms with Crippen molar-refractivity contribution >= 4 is 34.5 Å². The van der Waals surface area contributed by atoms with Gasteiger partial charge in [0.1, 0.15) is 0 Å². The van der Waals surface area contributed by atoms with E-state index >= 15 is 0 Å². The zero-order valence-electron chi connectivity index (χ0n) is 15.6. The van der Waals surface area contributed by atoms with Gasteiger partial charge in [0.2, 0.25) is 23.5 Å². The molecule has 0 aliphatic heterocycles. The number of thiophene rings is 1. The van der Waals surface area contributed by atoms with Crippen LogP contribution in [0, 0.1) is 6.92 Å². The maximum absolute atomic E-state index is 12.4. The molecule has 0 saturated heterocycles. The van der Waals surface area contributed by atoms with E-state index in [9.17, 15) is 9.59 Å². The summed E-state index contributed by atoms with van der Waals surface area (Å²) in [7, 11) is 0. The average molecular weight is 396 g/mol. The van der Waals surface area contributed by atoms with Crippen LogP contribution in [0.1, 0.15) is 42.0 Å². The number of nitrogens with one attached hydrogen (secondary N) is 2. The molecule has 4 rings (SSSR count). The SMILES string of the molecule is CC(=O)Nc1ccc(CC(=O)Nc2cc(-c3noc(C4CC4)n3)sc2C)cc1. The van der Waals surface area contributed by atoms with Crippen molar-refractivity contribution in [3.05, 3.63) is 46.7 Å². The minimum atomic E-state index is -0.125. The lowest BCUT2D eigenvalue weighted by atomic mass is 10.1. The van der Waals surface area contributed by atoms with E-state index in [1.165, 1.54) is 18.3 Å². The lowest BCUT2D eigenvalue weighted by Crippen LogP contribution is -2.14. The van der Waals surface area contributed by atoms with Gasteiger partial charge in [-0.25, -0.2) is 0 Å². The van der Waals surface area contributed by atoms with Crippen LogP contribution in [0.4, 0.5) is 11.4 Å². The van der Waals surface area contributed by atoms with Crippen molar-refractivity contribution in [1.29, 1.82) is 0 Å². The van der Waals surface area contributed by atoms with Crippen LogP contribution in [0.5, 0.6) is 0 Å². The quantitative estimate of drug-likeness (QED) is 0.653. The maximum atomic E-state index is 12.4. The highest BCUT2D eigenvalue weighted by atomic mass is 32.1. The summed E-state index contributed by atoms with van der Waals surface area (Å²) in [6.07, 6.45) is 2.47. The largest absolute Gasteiger partial charge is 0.339 e. The highest BCUT2D eigenvalue weighted by molar-refractivity contribution is 7.16. The molecule has 0 radical (unpaired) electrons. The summed E-state index contributed by atoms with van der Waals surface area (Å²) in [4.78, 5) is 29.8. The lowest BCUT2D eigenvalue weighted by molar-refractivity contribution is -0.116. The molecule has 1 saturated carbocycles. The van der Waals surface area contributed by atoms with Crippen LogP contribution in [0.15, 0.2) is 34.9 Å². The number of amides is 2. The number of hydrogen-bond donors (Lipinski definition) is 2. The smallest absolute Gasteiger partial charge is 0.230 e. The Kier molecular flexibility index (Phi) is 4.95. The van der Waals surface area contributed by atoms with Crippen molar-refractivity contribution in [2.24, 2.45) is 0 Å². The van der Waals surface area contributed by atoms with E-state index in [0.29, 0.717) is 23.3 Å². The van der Waals surface area contributed by atoms with Gasteiger partial charge in [0, 0.05) is 23.4 Å². The summed E-state index contributed by atoms with van der Waals surface area (Å²) in [5, 5.41) is 9.72. The summed E-state index contributed by atoms with van der Waals surface area (Å²) in [5.41, 5.74) is 2.34. The minimum absolute atomic E-state index is 0.105. The van der Waals surface area contributed by atoms with Crippen molar-refractivity contribution in [2.75, 3.05) is 10.6 Å². The number of rotatable bonds is 6. The van der Waals surface area contributed by atoms with Gasteiger partial charge in [-0.1, -0.05) is 17.3 Å². The molecule has 2 aromatic heterocycles. The number of carbonyl (C=O) groups is 2. The molecule has 8 heteroatoms. The Morgan fingerprint density at radius 3 is 2.64 bits per heavy atom. The first kappa shape index (κ1) is 18.4. The fourth-order valence-corrected chi connectivity index (χ4v) is 3.74. The third kappa shape index (κ3) is 4.28. The number of hydrogen-bond acceptors (Lipinski definition) is 6. The number of anilines is 2. The van der Waals surface area contributed by atoms with Crippen LogP contribution >= 0.6 is 11.3 Å². The van der Waals surface area contributed by atoms with E-state index in [4.69, 9.17) is 4.52 Å². The molecule has 144 valence electrons. The molecule has 1 aliphatic rings. The summed E-state index contributed by atoms with van der Waals surface area (Å²) in [5.74, 6) is 1.46. The molecule has 7 nitrogen and oxygen atoms in total. The van der Waals surface area contributed by atoms with E-state index in [-0.39, 0.29) is 18.2 Å². The molecule has 2 amide bonds. The molecule has 2 N–H and O–H groups in total. The topological polar surface area (TPSA) is 97.1 Å². The molecule has 1 aliphatic carbocycles. The van der Waals surface area contributed by atoms with E-state index in [1.807, 2.05) is 25.1 Å². The van der Waals surface area contributed by atoms with Crippen molar-refractivity contribution in [3.8, 4) is 10.7 Å². The number of aryl methyl sites for hydroxylation is 1. The summed E-state index contributed by atoms with van der Waals surface area (Å²) < 4.78 is 5.32. The number of nitrogens with zero attached hydrogens (tertiary/aromatic N) is 2. The number of aromatic nitrogens is 2. The minimum Gasteiger partial charge on any atom is -0.339 e. The van der Waals surface area contributed by atoms with Gasteiger partial charge in [-0.05, 0) is 43.5 Å². The Hall–Kier alpha value is -3.00. The molecule has 0 atom stereocenters. The lowest BCUT2D eigenvalue weighted by Gasteiger charge is -2.06. The van der Waals surface area contributed by atoms with Gasteiger partial charge in [0.25, 0.3) is 0 Å². The van der Waals surface area contributed by atoms with Crippen LogP contribution in [-0.2, 0) is 16.0 Å². The molecule has 1 aromatic carbocycles. The second-order valence-corrected chi connectivity index (χ2v) is 8.17. The maximum Gasteiger partial charge on any atom is 0.230 e. The van der Waals surface area contributed by atoms with Crippen LogP contribution in [0.3, 0.4) is 0 Å². The van der Waals surface area contributed by atoms with Gasteiger partial charge < -0.3 is 15.2 Å². The highest BCUT2D eigenvalue weighted by Gasteiger charge is 2.30. The van der Waals surface area contributed by atoms with E-state index in [1.54, 1.807) is 12.1 Å². The zero-order valence-corrected chi connectivity index (χ0v) is 16.4. The van der Waals surface area contributed by atoms with Gasteiger partial charge in [-0.2, -0.15) is 4.98 Å².